The molecule has 3 aromatic carbocycles. The minimum absolute atomic E-state index is 0.451. The third kappa shape index (κ3) is 6.07. The van der Waals surface area contributed by atoms with Crippen LogP contribution in [0.15, 0.2) is 54.6 Å². The quantitative estimate of drug-likeness (QED) is 0.358. The summed E-state index contributed by atoms with van der Waals surface area (Å²) in [4.78, 5) is 2.37. The van der Waals surface area contributed by atoms with Crippen LogP contribution >= 0.6 is 23.2 Å². The highest BCUT2D eigenvalue weighted by atomic mass is 35.5. The first-order valence-corrected chi connectivity index (χ1v) is 12.1. The van der Waals surface area contributed by atoms with Crippen LogP contribution in [-0.4, -0.2) is 20.2 Å². The number of anilines is 2. The highest BCUT2D eigenvalue weighted by Gasteiger charge is 2.15. The summed E-state index contributed by atoms with van der Waals surface area (Å²) in [6.07, 6.45) is 3.75. The smallest absolute Gasteiger partial charge is 0.163 e. The number of ether oxygens (including phenoxy) is 2. The molecule has 0 amide bonds. The van der Waals surface area contributed by atoms with Gasteiger partial charge in [-0.3, -0.25) is 0 Å². The standard InChI is InChI=1S/C27H30Cl2N2O2/c1-19-6-8-20(9-7-19)18-33-27-16-23(28)21(14-26(27)32-2)17-30-22-10-11-25(24(29)15-22)31-12-4-3-5-13-31/h6-11,14-16,30H,3-5,12-13,17-18H2,1-2H3. The molecule has 0 aromatic heterocycles. The molecule has 0 radical (unpaired) electrons. The normalized spacial score (nSPS) is 13.6. The van der Waals surface area contributed by atoms with E-state index in [1.807, 2.05) is 18.2 Å². The second-order valence-electron chi connectivity index (χ2n) is 8.44. The number of hydrogen-bond acceptors (Lipinski definition) is 4. The second kappa shape index (κ2) is 11.0. The molecule has 4 nitrogen and oxygen atoms in total. The Morgan fingerprint density at radius 3 is 2.33 bits per heavy atom. The van der Waals surface area contributed by atoms with E-state index in [4.69, 9.17) is 32.7 Å². The molecular weight excluding hydrogens is 455 g/mol. The Hall–Kier alpha value is -2.56. The minimum Gasteiger partial charge on any atom is -0.493 e. The maximum absolute atomic E-state index is 6.59. The molecular formula is C27H30Cl2N2O2. The van der Waals surface area contributed by atoms with Crippen LogP contribution in [0.4, 0.5) is 11.4 Å². The van der Waals surface area contributed by atoms with Crippen LogP contribution in [0.1, 0.15) is 36.0 Å². The van der Waals surface area contributed by atoms with Gasteiger partial charge < -0.3 is 19.7 Å². The number of halogens is 2. The van der Waals surface area contributed by atoms with Gasteiger partial charge in [0.05, 0.1) is 17.8 Å². The van der Waals surface area contributed by atoms with Crippen molar-refractivity contribution >= 4 is 34.6 Å². The molecule has 0 spiro atoms. The number of benzene rings is 3. The lowest BCUT2D eigenvalue weighted by atomic mass is 10.1. The third-order valence-electron chi connectivity index (χ3n) is 5.98. The fourth-order valence-electron chi connectivity index (χ4n) is 4.04. The van der Waals surface area contributed by atoms with Crippen molar-refractivity contribution in [2.45, 2.75) is 39.3 Å². The van der Waals surface area contributed by atoms with Crippen LogP contribution in [0.3, 0.4) is 0 Å². The Kier molecular flexibility index (Phi) is 7.89. The lowest BCUT2D eigenvalue weighted by molar-refractivity contribution is 0.284. The van der Waals surface area contributed by atoms with E-state index >= 15 is 0 Å². The lowest BCUT2D eigenvalue weighted by Gasteiger charge is -2.29. The average molecular weight is 485 g/mol. The first-order chi connectivity index (χ1) is 16.0. The molecule has 1 N–H and O–H groups in total. The number of piperidine rings is 1. The van der Waals surface area contributed by atoms with Crippen LogP contribution < -0.4 is 19.7 Å². The molecule has 33 heavy (non-hydrogen) atoms. The predicted molar refractivity (Wildman–Crippen MR) is 138 cm³/mol. The first kappa shape index (κ1) is 23.6. The summed E-state index contributed by atoms with van der Waals surface area (Å²) < 4.78 is 11.6. The Balaban J connectivity index is 1.41. The summed E-state index contributed by atoms with van der Waals surface area (Å²) in [6.45, 7) is 5.21. The highest BCUT2D eigenvalue weighted by Crippen LogP contribution is 2.35. The molecule has 3 aromatic rings. The zero-order valence-electron chi connectivity index (χ0n) is 19.2. The summed E-state index contributed by atoms with van der Waals surface area (Å²) in [5.74, 6) is 1.28. The van der Waals surface area contributed by atoms with E-state index in [1.165, 1.54) is 24.8 Å². The van der Waals surface area contributed by atoms with Gasteiger partial charge in [0.1, 0.15) is 6.61 Å². The summed E-state index contributed by atoms with van der Waals surface area (Å²) in [6, 6.07) is 18.1. The van der Waals surface area contributed by atoms with Crippen molar-refractivity contribution < 1.29 is 9.47 Å². The van der Waals surface area contributed by atoms with E-state index in [9.17, 15) is 0 Å². The van der Waals surface area contributed by atoms with E-state index < -0.39 is 0 Å². The van der Waals surface area contributed by atoms with Crippen molar-refractivity contribution in [3.8, 4) is 11.5 Å². The zero-order valence-corrected chi connectivity index (χ0v) is 20.7. The van der Waals surface area contributed by atoms with Gasteiger partial charge in [-0.1, -0.05) is 53.0 Å². The monoisotopic (exact) mass is 484 g/mol. The van der Waals surface area contributed by atoms with E-state index in [2.05, 4.69) is 53.5 Å². The van der Waals surface area contributed by atoms with Crippen molar-refractivity contribution in [2.75, 3.05) is 30.4 Å². The van der Waals surface area contributed by atoms with Crippen LogP contribution in [0.25, 0.3) is 0 Å². The molecule has 6 heteroatoms. The summed E-state index contributed by atoms with van der Waals surface area (Å²) in [5.41, 5.74) is 5.30. The van der Waals surface area contributed by atoms with Gasteiger partial charge >= 0.3 is 0 Å². The molecule has 174 valence electrons. The van der Waals surface area contributed by atoms with Gasteiger partial charge in [-0.25, -0.2) is 0 Å². The van der Waals surface area contributed by atoms with Crippen molar-refractivity contribution in [2.24, 2.45) is 0 Å². The second-order valence-corrected chi connectivity index (χ2v) is 9.25. The number of hydrogen-bond donors (Lipinski definition) is 1. The number of nitrogens with one attached hydrogen (secondary N) is 1. The number of methoxy groups -OCH3 is 1. The van der Waals surface area contributed by atoms with Gasteiger partial charge in [0.2, 0.25) is 0 Å². The van der Waals surface area contributed by atoms with E-state index in [0.29, 0.717) is 29.7 Å². The van der Waals surface area contributed by atoms with Crippen LogP contribution in [0.2, 0.25) is 10.0 Å². The van der Waals surface area contributed by atoms with Gasteiger partial charge in [0, 0.05) is 36.4 Å². The van der Waals surface area contributed by atoms with Crippen LogP contribution in [0.5, 0.6) is 11.5 Å². The van der Waals surface area contributed by atoms with Crippen molar-refractivity contribution in [3.05, 3.63) is 81.3 Å². The molecule has 0 aliphatic carbocycles. The zero-order chi connectivity index (χ0) is 23.2. The molecule has 0 atom stereocenters. The van der Waals surface area contributed by atoms with Crippen molar-refractivity contribution in [3.63, 3.8) is 0 Å². The first-order valence-electron chi connectivity index (χ1n) is 11.4. The third-order valence-corrected chi connectivity index (χ3v) is 6.63. The van der Waals surface area contributed by atoms with Gasteiger partial charge in [-0.05, 0) is 61.6 Å². The van der Waals surface area contributed by atoms with E-state index in [1.54, 1.807) is 7.11 Å². The Morgan fingerprint density at radius 1 is 0.879 bits per heavy atom. The maximum atomic E-state index is 6.59. The topological polar surface area (TPSA) is 33.7 Å². The summed E-state index contributed by atoms with van der Waals surface area (Å²) >= 11 is 13.2. The van der Waals surface area contributed by atoms with E-state index in [0.717, 1.165) is 40.6 Å². The van der Waals surface area contributed by atoms with Gasteiger partial charge in [-0.15, -0.1) is 0 Å². The van der Waals surface area contributed by atoms with Crippen LogP contribution in [0, 0.1) is 6.92 Å². The van der Waals surface area contributed by atoms with Gasteiger partial charge in [-0.2, -0.15) is 0 Å². The predicted octanol–water partition coefficient (Wildman–Crippen LogP) is 7.49. The minimum atomic E-state index is 0.451. The molecule has 1 saturated heterocycles. The van der Waals surface area contributed by atoms with Crippen LogP contribution in [-0.2, 0) is 13.2 Å². The molecule has 1 fully saturated rings. The van der Waals surface area contributed by atoms with Gasteiger partial charge in [0.15, 0.2) is 11.5 Å². The molecule has 1 aliphatic heterocycles. The van der Waals surface area contributed by atoms with Crippen molar-refractivity contribution in [1.29, 1.82) is 0 Å². The Bertz CT molecular complexity index is 1080. The molecule has 0 unspecified atom stereocenters. The number of rotatable bonds is 8. The fraction of sp³-hybridized carbons (Fsp3) is 0.333. The Labute approximate surface area is 206 Å². The van der Waals surface area contributed by atoms with E-state index in [-0.39, 0.29) is 0 Å². The fourth-order valence-corrected chi connectivity index (χ4v) is 4.56. The number of nitrogens with zero attached hydrogens (tertiary/aromatic N) is 1. The maximum Gasteiger partial charge on any atom is 0.163 e. The van der Waals surface area contributed by atoms with Crippen molar-refractivity contribution in [1.82, 2.24) is 0 Å². The lowest BCUT2D eigenvalue weighted by Crippen LogP contribution is -2.29. The summed E-state index contributed by atoms with van der Waals surface area (Å²) in [7, 11) is 1.64. The average Bonchev–Trinajstić information content (AvgIpc) is 2.83. The highest BCUT2D eigenvalue weighted by molar-refractivity contribution is 6.33. The molecule has 1 aliphatic rings. The largest absolute Gasteiger partial charge is 0.493 e. The molecule has 0 saturated carbocycles. The van der Waals surface area contributed by atoms with Gasteiger partial charge in [0.25, 0.3) is 0 Å². The summed E-state index contributed by atoms with van der Waals surface area (Å²) in [5, 5.41) is 4.82. The molecule has 1 heterocycles. The number of aryl methyl sites for hydroxylation is 1. The SMILES string of the molecule is COc1cc(CNc2ccc(N3CCCCC3)c(Cl)c2)c(Cl)cc1OCc1ccc(C)cc1. The Morgan fingerprint density at radius 2 is 1.64 bits per heavy atom. The molecule has 4 rings (SSSR count). The molecule has 0 bridgehead atoms.